The van der Waals surface area contributed by atoms with Gasteiger partial charge in [-0.1, -0.05) is 26.0 Å². The Morgan fingerprint density at radius 3 is 2.83 bits per heavy atom. The summed E-state index contributed by atoms with van der Waals surface area (Å²) < 4.78 is 0. The molecule has 4 nitrogen and oxygen atoms in total. The summed E-state index contributed by atoms with van der Waals surface area (Å²) in [6.07, 6.45) is 1.26. The molecule has 0 aliphatic rings. The lowest BCUT2D eigenvalue weighted by Gasteiger charge is -2.20. The van der Waals surface area contributed by atoms with Crippen molar-refractivity contribution in [1.29, 1.82) is 0 Å². The standard InChI is InChI=1S/C14H21N3O/c1-9(2)10(3)15-8-14(18)11-5-4-6-13-12(11)7-16-17-13/h4-7,9-10,14-15,18H,8H2,1-3H3,(H,16,17)/t10-,14-/m0/s1. The van der Waals surface area contributed by atoms with E-state index in [4.69, 9.17) is 0 Å². The summed E-state index contributed by atoms with van der Waals surface area (Å²) in [6, 6.07) is 6.24. The van der Waals surface area contributed by atoms with Crippen LogP contribution in [0.4, 0.5) is 0 Å². The van der Waals surface area contributed by atoms with E-state index < -0.39 is 6.10 Å². The van der Waals surface area contributed by atoms with Crippen LogP contribution in [0.25, 0.3) is 10.9 Å². The summed E-state index contributed by atoms with van der Waals surface area (Å²) in [5.41, 5.74) is 1.88. The van der Waals surface area contributed by atoms with E-state index in [2.05, 4.69) is 36.3 Å². The molecule has 0 spiro atoms. The zero-order valence-electron chi connectivity index (χ0n) is 11.1. The third kappa shape index (κ3) is 2.71. The van der Waals surface area contributed by atoms with Crippen LogP contribution in [0, 0.1) is 5.92 Å². The SMILES string of the molecule is CC(C)[C@H](C)NC[C@H](O)c1cccc2[nH]ncc12. The third-order valence-corrected chi connectivity index (χ3v) is 3.51. The Labute approximate surface area is 107 Å². The minimum atomic E-state index is -0.507. The molecule has 1 aromatic carbocycles. The van der Waals surface area contributed by atoms with Gasteiger partial charge in [0.1, 0.15) is 0 Å². The average Bonchev–Trinajstić information content (AvgIpc) is 2.83. The molecular weight excluding hydrogens is 226 g/mol. The molecule has 3 N–H and O–H groups in total. The number of aromatic amines is 1. The summed E-state index contributed by atoms with van der Waals surface area (Å²) in [5, 5.41) is 21.5. The number of nitrogens with one attached hydrogen (secondary N) is 2. The number of aliphatic hydroxyl groups excluding tert-OH is 1. The predicted octanol–water partition coefficient (Wildman–Crippen LogP) is 2.23. The molecule has 0 amide bonds. The van der Waals surface area contributed by atoms with Gasteiger partial charge in [0.05, 0.1) is 17.8 Å². The van der Waals surface area contributed by atoms with Crippen molar-refractivity contribution in [2.24, 2.45) is 5.92 Å². The predicted molar refractivity (Wildman–Crippen MR) is 73.4 cm³/mol. The van der Waals surface area contributed by atoms with Crippen LogP contribution < -0.4 is 5.32 Å². The van der Waals surface area contributed by atoms with E-state index in [1.165, 1.54) is 0 Å². The monoisotopic (exact) mass is 247 g/mol. The minimum absolute atomic E-state index is 0.392. The van der Waals surface area contributed by atoms with Crippen LogP contribution in [0.15, 0.2) is 24.4 Å². The summed E-state index contributed by atoms with van der Waals surface area (Å²) in [5.74, 6) is 0.557. The van der Waals surface area contributed by atoms with E-state index in [0.29, 0.717) is 18.5 Å². The largest absolute Gasteiger partial charge is 0.387 e. The fourth-order valence-electron chi connectivity index (χ4n) is 1.92. The van der Waals surface area contributed by atoms with Crippen LogP contribution in [-0.2, 0) is 0 Å². The Morgan fingerprint density at radius 1 is 1.33 bits per heavy atom. The van der Waals surface area contributed by atoms with Gasteiger partial charge in [0.2, 0.25) is 0 Å². The second-order valence-electron chi connectivity index (χ2n) is 5.14. The van der Waals surface area contributed by atoms with E-state index in [1.54, 1.807) is 6.20 Å². The van der Waals surface area contributed by atoms with Crippen molar-refractivity contribution in [2.75, 3.05) is 6.54 Å². The quantitative estimate of drug-likeness (QED) is 0.759. The fraction of sp³-hybridized carbons (Fsp3) is 0.500. The van der Waals surface area contributed by atoms with Crippen molar-refractivity contribution >= 4 is 10.9 Å². The highest BCUT2D eigenvalue weighted by molar-refractivity contribution is 5.81. The second-order valence-corrected chi connectivity index (χ2v) is 5.14. The van der Waals surface area contributed by atoms with Crippen LogP contribution in [0.5, 0.6) is 0 Å². The van der Waals surface area contributed by atoms with Crippen LogP contribution >= 0.6 is 0 Å². The first kappa shape index (κ1) is 13.1. The van der Waals surface area contributed by atoms with Crippen LogP contribution in [0.1, 0.15) is 32.4 Å². The van der Waals surface area contributed by atoms with E-state index in [-0.39, 0.29) is 0 Å². The molecule has 0 aliphatic carbocycles. The Bertz CT molecular complexity index is 506. The fourth-order valence-corrected chi connectivity index (χ4v) is 1.92. The number of hydrogen-bond donors (Lipinski definition) is 3. The lowest BCUT2D eigenvalue weighted by atomic mass is 10.0. The molecule has 0 saturated heterocycles. The van der Waals surface area contributed by atoms with Gasteiger partial charge in [-0.3, -0.25) is 5.10 Å². The molecule has 0 radical (unpaired) electrons. The number of aromatic nitrogens is 2. The molecule has 2 rings (SSSR count). The Hall–Kier alpha value is -1.39. The molecule has 0 fully saturated rings. The highest BCUT2D eigenvalue weighted by atomic mass is 16.3. The van der Waals surface area contributed by atoms with Gasteiger partial charge in [-0.15, -0.1) is 0 Å². The first-order valence-electron chi connectivity index (χ1n) is 6.43. The summed E-state index contributed by atoms with van der Waals surface area (Å²) in [4.78, 5) is 0. The van der Waals surface area contributed by atoms with E-state index in [0.717, 1.165) is 16.5 Å². The average molecular weight is 247 g/mol. The molecule has 0 aliphatic heterocycles. The third-order valence-electron chi connectivity index (χ3n) is 3.51. The number of rotatable bonds is 5. The van der Waals surface area contributed by atoms with Crippen molar-refractivity contribution in [1.82, 2.24) is 15.5 Å². The van der Waals surface area contributed by atoms with Gasteiger partial charge in [0.15, 0.2) is 0 Å². The number of fused-ring (bicyclic) bond motifs is 1. The smallest absolute Gasteiger partial charge is 0.0921 e. The van der Waals surface area contributed by atoms with Gasteiger partial charge in [0.25, 0.3) is 0 Å². The Morgan fingerprint density at radius 2 is 2.11 bits per heavy atom. The van der Waals surface area contributed by atoms with E-state index in [1.807, 2.05) is 18.2 Å². The maximum atomic E-state index is 10.3. The minimum Gasteiger partial charge on any atom is -0.387 e. The highest BCUT2D eigenvalue weighted by Crippen LogP contribution is 2.22. The number of aliphatic hydroxyl groups is 1. The molecule has 2 atom stereocenters. The second kappa shape index (κ2) is 5.50. The highest BCUT2D eigenvalue weighted by Gasteiger charge is 2.14. The Balaban J connectivity index is 2.09. The zero-order valence-corrected chi connectivity index (χ0v) is 11.1. The maximum absolute atomic E-state index is 10.3. The first-order valence-corrected chi connectivity index (χ1v) is 6.43. The molecule has 1 aromatic heterocycles. The Kier molecular flexibility index (Phi) is 3.99. The molecule has 4 heteroatoms. The van der Waals surface area contributed by atoms with E-state index in [9.17, 15) is 5.11 Å². The topological polar surface area (TPSA) is 60.9 Å². The molecule has 0 unspecified atom stereocenters. The number of nitrogens with zero attached hydrogens (tertiary/aromatic N) is 1. The summed E-state index contributed by atoms with van der Waals surface area (Å²) in [7, 11) is 0. The van der Waals surface area contributed by atoms with Gasteiger partial charge in [-0.25, -0.2) is 0 Å². The van der Waals surface area contributed by atoms with Crippen LogP contribution in [-0.4, -0.2) is 27.9 Å². The zero-order chi connectivity index (χ0) is 13.1. The van der Waals surface area contributed by atoms with Gasteiger partial charge in [-0.2, -0.15) is 5.10 Å². The number of H-pyrrole nitrogens is 1. The van der Waals surface area contributed by atoms with Gasteiger partial charge < -0.3 is 10.4 Å². The van der Waals surface area contributed by atoms with Crippen molar-refractivity contribution in [3.8, 4) is 0 Å². The van der Waals surface area contributed by atoms with Crippen LogP contribution in [0.2, 0.25) is 0 Å². The maximum Gasteiger partial charge on any atom is 0.0921 e. The van der Waals surface area contributed by atoms with Gasteiger partial charge in [0, 0.05) is 18.0 Å². The molecule has 0 bridgehead atoms. The first-order chi connectivity index (χ1) is 8.59. The van der Waals surface area contributed by atoms with E-state index >= 15 is 0 Å². The molecule has 18 heavy (non-hydrogen) atoms. The van der Waals surface area contributed by atoms with Gasteiger partial charge >= 0.3 is 0 Å². The summed E-state index contributed by atoms with van der Waals surface area (Å²) in [6.45, 7) is 7.03. The lowest BCUT2D eigenvalue weighted by molar-refractivity contribution is 0.168. The van der Waals surface area contributed by atoms with Crippen molar-refractivity contribution in [3.63, 3.8) is 0 Å². The molecule has 0 saturated carbocycles. The number of benzene rings is 1. The normalized spacial score (nSPS) is 15.2. The van der Waals surface area contributed by atoms with Crippen molar-refractivity contribution in [3.05, 3.63) is 30.0 Å². The van der Waals surface area contributed by atoms with Gasteiger partial charge in [-0.05, 0) is 24.5 Å². The van der Waals surface area contributed by atoms with Crippen LogP contribution in [0.3, 0.4) is 0 Å². The van der Waals surface area contributed by atoms with Crippen molar-refractivity contribution in [2.45, 2.75) is 32.9 Å². The number of hydrogen-bond acceptors (Lipinski definition) is 3. The summed E-state index contributed by atoms with van der Waals surface area (Å²) >= 11 is 0. The molecular formula is C14H21N3O. The molecule has 98 valence electrons. The molecule has 1 heterocycles. The van der Waals surface area contributed by atoms with Crippen molar-refractivity contribution < 1.29 is 5.11 Å². The molecule has 2 aromatic rings. The lowest BCUT2D eigenvalue weighted by Crippen LogP contribution is -2.34.